The number of nitrogens with zero attached hydrogens (tertiary/aromatic N) is 2. The maximum atomic E-state index is 13.2. The van der Waals surface area contributed by atoms with Crippen molar-refractivity contribution in [3.8, 4) is 5.75 Å². The molecule has 7 nitrogen and oxygen atoms in total. The number of halogens is 1. The summed E-state index contributed by atoms with van der Waals surface area (Å²) < 4.78 is 32.5. The third kappa shape index (κ3) is 4.19. The molecule has 3 aromatic carbocycles. The van der Waals surface area contributed by atoms with Gasteiger partial charge in [0.15, 0.2) is 0 Å². The number of hydrogen-bond donors (Lipinski definition) is 1. The first kappa shape index (κ1) is 21.9. The Labute approximate surface area is 191 Å². The molecule has 0 saturated carbocycles. The van der Waals surface area contributed by atoms with Crippen molar-refractivity contribution < 1.29 is 17.9 Å². The van der Waals surface area contributed by atoms with E-state index in [4.69, 9.17) is 16.3 Å². The molecule has 3 aromatic rings. The monoisotopic (exact) mass is 469 g/mol. The summed E-state index contributed by atoms with van der Waals surface area (Å²) in [5, 5.41) is 7.44. The number of sulfonamides is 1. The Hall–Kier alpha value is -3.36. The zero-order chi connectivity index (χ0) is 22.9. The Morgan fingerprint density at radius 2 is 1.84 bits per heavy atom. The van der Waals surface area contributed by atoms with Crippen LogP contribution in [0, 0.1) is 6.92 Å². The van der Waals surface area contributed by atoms with Crippen LogP contribution in [0.15, 0.2) is 76.7 Å². The first-order chi connectivity index (χ1) is 15.3. The Morgan fingerprint density at radius 3 is 2.56 bits per heavy atom. The van der Waals surface area contributed by atoms with Gasteiger partial charge < -0.3 is 10.1 Å². The molecule has 0 fully saturated rings. The summed E-state index contributed by atoms with van der Waals surface area (Å²) in [5.41, 5.74) is 2.88. The fourth-order valence-corrected chi connectivity index (χ4v) is 4.96. The Kier molecular flexibility index (Phi) is 5.90. The van der Waals surface area contributed by atoms with Gasteiger partial charge >= 0.3 is 0 Å². The SMILES string of the molecule is COc1ccc(C)cc1NC(=O)CN1N=C(c2ccccc2)c2cc(Cl)ccc2S1(=O)=O. The highest BCUT2D eigenvalue weighted by molar-refractivity contribution is 7.89. The second kappa shape index (κ2) is 8.64. The van der Waals surface area contributed by atoms with Crippen molar-refractivity contribution in [2.24, 2.45) is 5.10 Å². The number of hydrogen-bond acceptors (Lipinski definition) is 5. The molecule has 0 bridgehead atoms. The third-order valence-corrected chi connectivity index (χ3v) is 6.83. The van der Waals surface area contributed by atoms with E-state index in [2.05, 4.69) is 10.4 Å². The molecule has 0 radical (unpaired) electrons. The number of rotatable bonds is 5. The number of amides is 1. The lowest BCUT2D eigenvalue weighted by Gasteiger charge is -2.27. The maximum absolute atomic E-state index is 13.2. The predicted molar refractivity (Wildman–Crippen MR) is 124 cm³/mol. The van der Waals surface area contributed by atoms with Gasteiger partial charge in [0.2, 0.25) is 5.91 Å². The van der Waals surface area contributed by atoms with Crippen LogP contribution in [0.2, 0.25) is 5.02 Å². The van der Waals surface area contributed by atoms with Gasteiger partial charge in [0.05, 0.1) is 17.7 Å². The molecule has 9 heteroatoms. The highest BCUT2D eigenvalue weighted by Crippen LogP contribution is 2.31. The zero-order valence-corrected chi connectivity index (χ0v) is 18.9. The van der Waals surface area contributed by atoms with Crippen LogP contribution in [-0.4, -0.2) is 38.1 Å². The van der Waals surface area contributed by atoms with Gasteiger partial charge in [0.25, 0.3) is 10.0 Å². The number of carbonyl (C=O) groups excluding carboxylic acids is 1. The van der Waals surface area contributed by atoms with E-state index in [0.29, 0.717) is 33.3 Å². The molecule has 1 N–H and O–H groups in total. The van der Waals surface area contributed by atoms with Crippen molar-refractivity contribution in [3.05, 3.63) is 88.4 Å². The van der Waals surface area contributed by atoms with Crippen molar-refractivity contribution in [1.29, 1.82) is 0 Å². The maximum Gasteiger partial charge on any atom is 0.280 e. The van der Waals surface area contributed by atoms with E-state index in [1.165, 1.54) is 19.2 Å². The molecule has 1 aliphatic rings. The van der Waals surface area contributed by atoms with E-state index in [-0.39, 0.29) is 4.90 Å². The van der Waals surface area contributed by atoms with Crippen LogP contribution >= 0.6 is 11.6 Å². The van der Waals surface area contributed by atoms with Gasteiger partial charge in [-0.1, -0.05) is 48.0 Å². The lowest BCUT2D eigenvalue weighted by Crippen LogP contribution is -2.38. The van der Waals surface area contributed by atoms with E-state index < -0.39 is 22.5 Å². The number of ether oxygens (including phenoxy) is 1. The van der Waals surface area contributed by atoms with Gasteiger partial charge in [-0.3, -0.25) is 4.79 Å². The predicted octanol–water partition coefficient (Wildman–Crippen LogP) is 4.05. The number of methoxy groups -OCH3 is 1. The minimum atomic E-state index is -4.06. The van der Waals surface area contributed by atoms with Crippen LogP contribution in [0.5, 0.6) is 5.75 Å². The highest BCUT2D eigenvalue weighted by Gasteiger charge is 2.34. The van der Waals surface area contributed by atoms with E-state index in [1.54, 1.807) is 18.2 Å². The highest BCUT2D eigenvalue weighted by atomic mass is 35.5. The molecule has 0 spiro atoms. The first-order valence-electron chi connectivity index (χ1n) is 9.71. The average Bonchev–Trinajstić information content (AvgIpc) is 2.76. The smallest absolute Gasteiger partial charge is 0.280 e. The minimum absolute atomic E-state index is 0.0386. The van der Waals surface area contributed by atoms with Crippen LogP contribution in [0.25, 0.3) is 0 Å². The lowest BCUT2D eigenvalue weighted by molar-refractivity contribution is -0.116. The van der Waals surface area contributed by atoms with Gasteiger partial charge in [0.1, 0.15) is 18.0 Å². The van der Waals surface area contributed by atoms with Crippen LogP contribution in [-0.2, 0) is 14.8 Å². The summed E-state index contributed by atoms with van der Waals surface area (Å²) in [6.45, 7) is 1.38. The molecule has 0 aromatic heterocycles. The van der Waals surface area contributed by atoms with Crippen LogP contribution in [0.1, 0.15) is 16.7 Å². The molecule has 1 aliphatic heterocycles. The number of fused-ring (bicyclic) bond motifs is 1. The van der Waals surface area contributed by atoms with Crippen molar-refractivity contribution >= 4 is 38.9 Å². The molecule has 1 amide bonds. The Bertz CT molecular complexity index is 1320. The van der Waals surface area contributed by atoms with E-state index >= 15 is 0 Å². The standard InChI is InChI=1S/C23H20ClN3O4S/c1-15-8-10-20(31-2)19(12-15)25-22(28)14-27-26-23(16-6-4-3-5-7-16)18-13-17(24)9-11-21(18)32(27,29)30/h3-13H,14H2,1-2H3,(H,25,28). The second-order valence-corrected chi connectivity index (χ2v) is 9.44. The molecule has 1 heterocycles. The first-order valence-corrected chi connectivity index (χ1v) is 11.5. The summed E-state index contributed by atoms with van der Waals surface area (Å²) >= 11 is 6.14. The summed E-state index contributed by atoms with van der Waals surface area (Å²) in [6.07, 6.45) is 0. The largest absolute Gasteiger partial charge is 0.495 e. The van der Waals surface area contributed by atoms with Gasteiger partial charge in [-0.25, -0.2) is 0 Å². The molecule has 0 atom stereocenters. The molecule has 0 unspecified atom stereocenters. The Morgan fingerprint density at radius 1 is 1.09 bits per heavy atom. The topological polar surface area (TPSA) is 88.1 Å². The van der Waals surface area contributed by atoms with Crippen molar-refractivity contribution in [3.63, 3.8) is 0 Å². The normalized spacial score (nSPS) is 14.3. The van der Waals surface area contributed by atoms with Crippen molar-refractivity contribution in [2.45, 2.75) is 11.8 Å². The molecule has 0 saturated heterocycles. The molecule has 32 heavy (non-hydrogen) atoms. The fraction of sp³-hybridized carbons (Fsp3) is 0.130. The average molecular weight is 470 g/mol. The molecule has 0 aliphatic carbocycles. The van der Waals surface area contributed by atoms with Gasteiger partial charge in [-0.2, -0.15) is 17.9 Å². The number of hydrazone groups is 1. The number of anilines is 1. The summed E-state index contributed by atoms with van der Waals surface area (Å²) in [4.78, 5) is 12.8. The number of carbonyl (C=O) groups is 1. The summed E-state index contributed by atoms with van der Waals surface area (Å²) in [6, 6.07) is 19.0. The summed E-state index contributed by atoms with van der Waals surface area (Å²) in [7, 11) is -2.56. The van der Waals surface area contributed by atoms with E-state index in [1.807, 2.05) is 43.3 Å². The Balaban J connectivity index is 1.72. The molecule has 4 rings (SSSR count). The van der Waals surface area contributed by atoms with E-state index in [0.717, 1.165) is 9.98 Å². The van der Waals surface area contributed by atoms with Crippen molar-refractivity contribution in [1.82, 2.24) is 4.41 Å². The third-order valence-electron chi connectivity index (χ3n) is 4.92. The lowest BCUT2D eigenvalue weighted by atomic mass is 10.0. The van der Waals surface area contributed by atoms with Crippen LogP contribution in [0.3, 0.4) is 0 Å². The van der Waals surface area contributed by atoms with Crippen LogP contribution < -0.4 is 10.1 Å². The van der Waals surface area contributed by atoms with Gasteiger partial charge in [-0.05, 0) is 42.8 Å². The molecular formula is C23H20ClN3O4S. The minimum Gasteiger partial charge on any atom is -0.495 e. The number of benzene rings is 3. The molecular weight excluding hydrogens is 450 g/mol. The number of aryl methyl sites for hydroxylation is 1. The zero-order valence-electron chi connectivity index (χ0n) is 17.4. The molecule has 164 valence electrons. The fourth-order valence-electron chi connectivity index (χ4n) is 3.41. The van der Waals surface area contributed by atoms with Gasteiger partial charge in [-0.15, -0.1) is 0 Å². The number of nitrogens with one attached hydrogen (secondary N) is 1. The summed E-state index contributed by atoms with van der Waals surface area (Å²) in [5.74, 6) is -0.0787. The van der Waals surface area contributed by atoms with Crippen LogP contribution in [0.4, 0.5) is 5.69 Å². The second-order valence-electron chi connectivity index (χ2n) is 7.19. The van der Waals surface area contributed by atoms with E-state index in [9.17, 15) is 13.2 Å². The van der Waals surface area contributed by atoms with Crippen molar-refractivity contribution in [2.75, 3.05) is 19.0 Å². The van der Waals surface area contributed by atoms with Gasteiger partial charge in [0, 0.05) is 16.1 Å². The quantitative estimate of drug-likeness (QED) is 0.610.